The van der Waals surface area contributed by atoms with E-state index in [0.29, 0.717) is 0 Å². The van der Waals surface area contributed by atoms with Gasteiger partial charge in [0.1, 0.15) is 0 Å². The monoisotopic (exact) mass is 219 g/mol. The summed E-state index contributed by atoms with van der Waals surface area (Å²) in [6.07, 6.45) is 1.81. The Kier molecular flexibility index (Phi) is 4.27. The summed E-state index contributed by atoms with van der Waals surface area (Å²) in [4.78, 5) is 21.5. The summed E-state index contributed by atoms with van der Waals surface area (Å²) < 4.78 is 0. The highest BCUT2D eigenvalue weighted by Crippen LogP contribution is 2.10. The van der Waals surface area contributed by atoms with Crippen LogP contribution >= 0.6 is 0 Å². The highest BCUT2D eigenvalue weighted by molar-refractivity contribution is 5.94. The fraction of sp³-hybridized carbons (Fsp3) is 0.167. The van der Waals surface area contributed by atoms with Gasteiger partial charge in [-0.25, -0.2) is 4.79 Å². The van der Waals surface area contributed by atoms with Crippen LogP contribution < -0.4 is 5.32 Å². The Morgan fingerprint density at radius 1 is 1.25 bits per heavy atom. The Morgan fingerprint density at radius 3 is 2.44 bits per heavy atom. The van der Waals surface area contributed by atoms with Crippen LogP contribution in [0, 0.1) is 0 Å². The summed E-state index contributed by atoms with van der Waals surface area (Å²) in [6.45, 7) is 1.84. The number of carboxylic acids is 1. The van der Waals surface area contributed by atoms with Crippen molar-refractivity contribution in [3.8, 4) is 0 Å². The molecule has 0 unspecified atom stereocenters. The number of amides is 1. The molecule has 0 spiro atoms. The summed E-state index contributed by atoms with van der Waals surface area (Å²) in [5.74, 6) is -1.55. The van der Waals surface area contributed by atoms with Gasteiger partial charge in [0.25, 0.3) is 0 Å². The first-order chi connectivity index (χ1) is 7.59. The molecule has 0 aromatic heterocycles. The first kappa shape index (κ1) is 12.0. The molecule has 1 aromatic rings. The van der Waals surface area contributed by atoms with E-state index in [4.69, 9.17) is 5.11 Å². The zero-order chi connectivity index (χ0) is 12.0. The van der Waals surface area contributed by atoms with E-state index >= 15 is 0 Å². The SMILES string of the molecule is C[C@@H](NC(=O)C=CC(=O)O)c1ccccc1. The fourth-order valence-electron chi connectivity index (χ4n) is 1.23. The summed E-state index contributed by atoms with van der Waals surface area (Å²) in [5.41, 5.74) is 0.972. The molecule has 0 saturated heterocycles. The molecule has 1 aromatic carbocycles. The van der Waals surface area contributed by atoms with Crippen LogP contribution in [0.5, 0.6) is 0 Å². The van der Waals surface area contributed by atoms with E-state index in [0.717, 1.165) is 17.7 Å². The standard InChI is InChI=1S/C12H13NO3/c1-9(10-5-3-2-4-6-10)13-11(14)7-8-12(15)16/h2-9H,1H3,(H,13,14)(H,15,16)/t9-/m1/s1. The Labute approximate surface area is 93.6 Å². The number of benzene rings is 1. The lowest BCUT2D eigenvalue weighted by atomic mass is 10.1. The normalized spacial score (nSPS) is 12.3. The van der Waals surface area contributed by atoms with E-state index in [9.17, 15) is 9.59 Å². The summed E-state index contributed by atoms with van der Waals surface area (Å²) in [6, 6.07) is 9.29. The lowest BCUT2D eigenvalue weighted by Gasteiger charge is -2.12. The first-order valence-electron chi connectivity index (χ1n) is 4.86. The molecule has 0 radical (unpaired) electrons. The maximum absolute atomic E-state index is 11.3. The van der Waals surface area contributed by atoms with Gasteiger partial charge in [0.2, 0.25) is 5.91 Å². The third kappa shape index (κ3) is 3.96. The molecule has 4 heteroatoms. The van der Waals surface area contributed by atoms with Crippen molar-refractivity contribution in [1.82, 2.24) is 5.32 Å². The van der Waals surface area contributed by atoms with Crippen molar-refractivity contribution < 1.29 is 14.7 Å². The second-order valence-electron chi connectivity index (χ2n) is 3.31. The number of carbonyl (C=O) groups is 2. The van der Waals surface area contributed by atoms with Crippen LogP contribution in [-0.2, 0) is 9.59 Å². The average Bonchev–Trinajstić information content (AvgIpc) is 2.27. The molecule has 1 rings (SSSR count). The average molecular weight is 219 g/mol. The van der Waals surface area contributed by atoms with Crippen molar-refractivity contribution >= 4 is 11.9 Å². The third-order valence-corrected chi connectivity index (χ3v) is 2.04. The van der Waals surface area contributed by atoms with Crippen LogP contribution in [0.25, 0.3) is 0 Å². The first-order valence-corrected chi connectivity index (χ1v) is 4.86. The molecular formula is C12H13NO3. The van der Waals surface area contributed by atoms with E-state index in [1.165, 1.54) is 0 Å². The summed E-state index contributed by atoms with van der Waals surface area (Å²) in [5, 5.41) is 11.0. The molecule has 0 aliphatic carbocycles. The zero-order valence-electron chi connectivity index (χ0n) is 8.88. The Morgan fingerprint density at radius 2 is 1.88 bits per heavy atom. The quantitative estimate of drug-likeness (QED) is 0.754. The van der Waals surface area contributed by atoms with Crippen molar-refractivity contribution in [2.75, 3.05) is 0 Å². The molecule has 16 heavy (non-hydrogen) atoms. The number of carbonyl (C=O) groups excluding carboxylic acids is 1. The molecule has 0 aliphatic rings. The minimum Gasteiger partial charge on any atom is -0.478 e. The number of carboxylic acid groups (broad SMARTS) is 1. The minimum atomic E-state index is -1.14. The number of hydrogen-bond donors (Lipinski definition) is 2. The fourth-order valence-corrected chi connectivity index (χ4v) is 1.23. The molecular weight excluding hydrogens is 206 g/mol. The molecule has 84 valence electrons. The second-order valence-corrected chi connectivity index (χ2v) is 3.31. The van der Waals surface area contributed by atoms with Gasteiger partial charge in [-0.05, 0) is 12.5 Å². The smallest absolute Gasteiger partial charge is 0.328 e. The van der Waals surface area contributed by atoms with Crippen molar-refractivity contribution in [2.24, 2.45) is 0 Å². The molecule has 0 bridgehead atoms. The molecule has 0 aliphatic heterocycles. The maximum atomic E-state index is 11.3. The molecule has 1 amide bonds. The van der Waals surface area contributed by atoms with Gasteiger partial charge >= 0.3 is 5.97 Å². The third-order valence-electron chi connectivity index (χ3n) is 2.04. The highest BCUT2D eigenvalue weighted by atomic mass is 16.4. The van der Waals surface area contributed by atoms with Gasteiger partial charge < -0.3 is 10.4 Å². The molecule has 0 fully saturated rings. The Balaban J connectivity index is 2.55. The van der Waals surface area contributed by atoms with Crippen LogP contribution in [0.15, 0.2) is 42.5 Å². The largest absolute Gasteiger partial charge is 0.478 e. The topological polar surface area (TPSA) is 66.4 Å². The van der Waals surface area contributed by atoms with E-state index in [-0.39, 0.29) is 6.04 Å². The van der Waals surface area contributed by atoms with Gasteiger partial charge in [-0.2, -0.15) is 0 Å². The lowest BCUT2D eigenvalue weighted by molar-refractivity contribution is -0.131. The van der Waals surface area contributed by atoms with Gasteiger partial charge in [-0.15, -0.1) is 0 Å². The van der Waals surface area contributed by atoms with E-state index in [1.54, 1.807) is 0 Å². The van der Waals surface area contributed by atoms with Crippen LogP contribution in [-0.4, -0.2) is 17.0 Å². The lowest BCUT2D eigenvalue weighted by Crippen LogP contribution is -2.24. The molecule has 0 saturated carbocycles. The van der Waals surface area contributed by atoms with Crippen molar-refractivity contribution in [3.05, 3.63) is 48.0 Å². The number of rotatable bonds is 4. The zero-order valence-corrected chi connectivity index (χ0v) is 8.88. The number of aliphatic carboxylic acids is 1. The van der Waals surface area contributed by atoms with E-state index in [1.807, 2.05) is 37.3 Å². The molecule has 0 heterocycles. The Hall–Kier alpha value is -2.10. The van der Waals surface area contributed by atoms with Crippen molar-refractivity contribution in [2.45, 2.75) is 13.0 Å². The van der Waals surface area contributed by atoms with E-state index < -0.39 is 11.9 Å². The second kappa shape index (κ2) is 5.70. The number of hydrogen-bond acceptors (Lipinski definition) is 2. The van der Waals surface area contributed by atoms with Gasteiger partial charge in [0.05, 0.1) is 6.04 Å². The van der Waals surface area contributed by atoms with Gasteiger partial charge in [-0.3, -0.25) is 4.79 Å². The van der Waals surface area contributed by atoms with Crippen LogP contribution in [0.3, 0.4) is 0 Å². The highest BCUT2D eigenvalue weighted by Gasteiger charge is 2.06. The molecule has 2 N–H and O–H groups in total. The van der Waals surface area contributed by atoms with Crippen LogP contribution in [0.4, 0.5) is 0 Å². The van der Waals surface area contributed by atoms with Crippen molar-refractivity contribution in [1.29, 1.82) is 0 Å². The predicted octanol–water partition coefficient (Wildman–Crippen LogP) is 1.50. The summed E-state index contributed by atoms with van der Waals surface area (Å²) >= 11 is 0. The van der Waals surface area contributed by atoms with Crippen molar-refractivity contribution in [3.63, 3.8) is 0 Å². The number of nitrogens with one attached hydrogen (secondary N) is 1. The minimum absolute atomic E-state index is 0.146. The molecule has 1 atom stereocenters. The van der Waals surface area contributed by atoms with Crippen LogP contribution in [0.2, 0.25) is 0 Å². The maximum Gasteiger partial charge on any atom is 0.328 e. The van der Waals surface area contributed by atoms with E-state index in [2.05, 4.69) is 5.32 Å². The van der Waals surface area contributed by atoms with Gasteiger partial charge in [0, 0.05) is 12.2 Å². The van der Waals surface area contributed by atoms with Gasteiger partial charge in [-0.1, -0.05) is 30.3 Å². The molecule has 4 nitrogen and oxygen atoms in total. The summed E-state index contributed by atoms with van der Waals surface area (Å²) in [7, 11) is 0. The predicted molar refractivity (Wildman–Crippen MR) is 59.8 cm³/mol. The van der Waals surface area contributed by atoms with Crippen LogP contribution in [0.1, 0.15) is 18.5 Å². The van der Waals surface area contributed by atoms with Gasteiger partial charge in [0.15, 0.2) is 0 Å². The Bertz CT molecular complexity index is 398.